The smallest absolute Gasteiger partial charge is 0.385 e. The molecule has 0 aromatic heterocycles. The van der Waals surface area contributed by atoms with E-state index in [2.05, 4.69) is 4.74 Å². The van der Waals surface area contributed by atoms with Crippen LogP contribution < -0.4 is 4.74 Å². The van der Waals surface area contributed by atoms with Gasteiger partial charge in [0.15, 0.2) is 0 Å². The summed E-state index contributed by atoms with van der Waals surface area (Å²) in [6.07, 6.45) is -10.6. The van der Waals surface area contributed by atoms with E-state index in [-0.39, 0.29) is 0 Å². The van der Waals surface area contributed by atoms with Crippen molar-refractivity contribution >= 4 is 5.97 Å². The van der Waals surface area contributed by atoms with E-state index in [1.165, 1.54) is 0 Å². The summed E-state index contributed by atoms with van der Waals surface area (Å²) in [5.41, 5.74) is -0.560. The normalized spacial score (nSPS) is 15.3. The zero-order valence-electron chi connectivity index (χ0n) is 13.6. The first-order valence-corrected chi connectivity index (χ1v) is 7.06. The highest BCUT2D eigenvalue weighted by atomic mass is 19.4. The summed E-state index contributed by atoms with van der Waals surface area (Å²) in [5, 5.41) is 8.56. The van der Waals surface area contributed by atoms with Crippen LogP contribution in [-0.4, -0.2) is 53.5 Å². The number of halogens is 13. The van der Waals surface area contributed by atoms with Gasteiger partial charge in [0.1, 0.15) is 5.75 Å². The van der Waals surface area contributed by atoms with E-state index >= 15 is 0 Å². The van der Waals surface area contributed by atoms with Crippen molar-refractivity contribution in [2.45, 2.75) is 42.4 Å². The number of ether oxygens (including phenoxy) is 1. The van der Waals surface area contributed by atoms with Crippen LogP contribution in [0.2, 0.25) is 0 Å². The van der Waals surface area contributed by atoms with Crippen LogP contribution in [0.3, 0.4) is 0 Å². The molecule has 1 unspecified atom stereocenters. The molecule has 0 bridgehead atoms. The van der Waals surface area contributed by atoms with Crippen molar-refractivity contribution in [3.8, 4) is 5.75 Å². The summed E-state index contributed by atoms with van der Waals surface area (Å²) in [6.45, 7) is 0. The molecule has 1 aromatic carbocycles. The Bertz CT molecular complexity index is 761. The Balaban J connectivity index is 3.28. The van der Waals surface area contributed by atoms with Crippen molar-refractivity contribution in [2.75, 3.05) is 0 Å². The molecular weight excluding hydrogens is 463 g/mol. The molecule has 0 fully saturated rings. The lowest BCUT2D eigenvalue weighted by atomic mass is 9.94. The van der Waals surface area contributed by atoms with Gasteiger partial charge < -0.3 is 9.84 Å². The fraction of sp³-hybridized carbons (Fsp3) is 0.500. The van der Waals surface area contributed by atoms with Crippen LogP contribution in [0.25, 0.3) is 0 Å². The summed E-state index contributed by atoms with van der Waals surface area (Å²) in [4.78, 5) is 10.6. The molecule has 0 radical (unpaired) electrons. The van der Waals surface area contributed by atoms with Crippen molar-refractivity contribution < 1.29 is 71.7 Å². The minimum absolute atomic E-state index is 0.377. The number of carbonyl (C=O) groups is 1. The van der Waals surface area contributed by atoms with Crippen LogP contribution in [0.5, 0.6) is 5.75 Å². The molecule has 0 spiro atoms. The quantitative estimate of drug-likeness (QED) is 0.485. The molecule has 1 N–H and O–H groups in total. The van der Waals surface area contributed by atoms with Crippen LogP contribution in [0.15, 0.2) is 24.3 Å². The standard InChI is InChI=1S/C14H7F13O3/c15-8(16)10(18,19)12(22,23)14(26,27)13(24,25)11(20,21)9(17)30-6-3-1-5(2-4-6)7(28)29/h1-4,8-9H,(H,28,29). The Kier molecular flexibility index (Phi) is 6.56. The predicted molar refractivity (Wildman–Crippen MR) is 69.7 cm³/mol. The number of hydrogen-bond acceptors (Lipinski definition) is 2. The third kappa shape index (κ3) is 3.82. The average molecular weight is 470 g/mol. The van der Waals surface area contributed by atoms with Crippen LogP contribution in [0.4, 0.5) is 57.1 Å². The number of hydrogen-bond donors (Lipinski definition) is 1. The second-order valence-electron chi connectivity index (χ2n) is 5.53. The summed E-state index contributed by atoms with van der Waals surface area (Å²) >= 11 is 0. The van der Waals surface area contributed by atoms with E-state index < -0.39 is 59.7 Å². The van der Waals surface area contributed by atoms with E-state index in [0.717, 1.165) is 0 Å². The van der Waals surface area contributed by atoms with Gasteiger partial charge in [0.05, 0.1) is 5.56 Å². The first-order valence-electron chi connectivity index (χ1n) is 7.06. The highest BCUT2D eigenvalue weighted by molar-refractivity contribution is 5.87. The largest absolute Gasteiger partial charge is 0.478 e. The van der Waals surface area contributed by atoms with E-state index in [0.29, 0.717) is 24.3 Å². The lowest BCUT2D eigenvalue weighted by molar-refractivity contribution is -0.424. The highest BCUT2D eigenvalue weighted by Crippen LogP contribution is 2.59. The third-order valence-corrected chi connectivity index (χ3v) is 3.53. The van der Waals surface area contributed by atoms with Crippen LogP contribution in [0.1, 0.15) is 10.4 Å². The van der Waals surface area contributed by atoms with Crippen molar-refractivity contribution in [2.24, 2.45) is 0 Å². The molecule has 0 aliphatic carbocycles. The first-order chi connectivity index (χ1) is 13.2. The van der Waals surface area contributed by atoms with Gasteiger partial charge in [0.2, 0.25) is 0 Å². The number of carboxylic acids is 1. The molecule has 0 amide bonds. The summed E-state index contributed by atoms with van der Waals surface area (Å²) in [6, 6.07) is 1.85. The number of aromatic carboxylic acids is 1. The van der Waals surface area contributed by atoms with Crippen molar-refractivity contribution in [3.05, 3.63) is 29.8 Å². The second-order valence-corrected chi connectivity index (χ2v) is 5.53. The Morgan fingerprint density at radius 2 is 1.13 bits per heavy atom. The molecule has 0 heterocycles. The van der Waals surface area contributed by atoms with Crippen molar-refractivity contribution in [1.82, 2.24) is 0 Å². The van der Waals surface area contributed by atoms with E-state index in [1.807, 2.05) is 0 Å². The molecule has 0 saturated carbocycles. The second kappa shape index (κ2) is 7.68. The summed E-state index contributed by atoms with van der Waals surface area (Å²) in [7, 11) is 0. The fourth-order valence-electron chi connectivity index (χ4n) is 1.76. The minimum atomic E-state index is -7.88. The molecule has 0 aliphatic heterocycles. The maximum absolute atomic E-state index is 13.5. The zero-order valence-corrected chi connectivity index (χ0v) is 13.6. The Morgan fingerprint density at radius 1 is 0.733 bits per heavy atom. The van der Waals surface area contributed by atoms with E-state index in [9.17, 15) is 61.9 Å². The minimum Gasteiger partial charge on any atom is -0.478 e. The summed E-state index contributed by atoms with van der Waals surface area (Å²) < 4.78 is 173. The van der Waals surface area contributed by atoms with Crippen LogP contribution in [-0.2, 0) is 0 Å². The molecule has 1 rings (SSSR count). The molecule has 0 saturated heterocycles. The fourth-order valence-corrected chi connectivity index (χ4v) is 1.76. The van der Waals surface area contributed by atoms with Crippen LogP contribution >= 0.6 is 0 Å². The molecular formula is C14H7F13O3. The van der Waals surface area contributed by atoms with Gasteiger partial charge in [-0.2, -0.15) is 48.3 Å². The van der Waals surface area contributed by atoms with Gasteiger partial charge in [-0.3, -0.25) is 0 Å². The topological polar surface area (TPSA) is 46.5 Å². The number of carboxylic acid groups (broad SMARTS) is 1. The van der Waals surface area contributed by atoms with Gasteiger partial charge in [0, 0.05) is 0 Å². The molecule has 30 heavy (non-hydrogen) atoms. The maximum atomic E-state index is 13.5. The molecule has 172 valence electrons. The average Bonchev–Trinajstić information content (AvgIpc) is 2.61. The highest BCUT2D eigenvalue weighted by Gasteiger charge is 2.89. The van der Waals surface area contributed by atoms with E-state index in [4.69, 9.17) is 5.11 Å². The van der Waals surface area contributed by atoms with Gasteiger partial charge in [-0.25, -0.2) is 13.6 Å². The molecule has 0 aliphatic rings. The molecule has 3 nitrogen and oxygen atoms in total. The van der Waals surface area contributed by atoms with Gasteiger partial charge in [-0.05, 0) is 24.3 Å². The van der Waals surface area contributed by atoms with Gasteiger partial charge in [0.25, 0.3) is 0 Å². The third-order valence-electron chi connectivity index (χ3n) is 3.53. The van der Waals surface area contributed by atoms with Crippen LogP contribution in [0, 0.1) is 0 Å². The predicted octanol–water partition coefficient (Wildman–Crippen LogP) is 5.50. The number of rotatable bonds is 9. The van der Waals surface area contributed by atoms with Crippen molar-refractivity contribution in [1.29, 1.82) is 0 Å². The number of alkyl halides is 13. The molecule has 1 atom stereocenters. The lowest BCUT2D eigenvalue weighted by Crippen LogP contribution is -2.70. The zero-order chi connectivity index (χ0) is 23.9. The van der Waals surface area contributed by atoms with Gasteiger partial charge in [-0.15, -0.1) is 0 Å². The molecule has 16 heteroatoms. The summed E-state index contributed by atoms with van der Waals surface area (Å²) in [5.74, 6) is -40.2. The maximum Gasteiger partial charge on any atom is 0.385 e. The van der Waals surface area contributed by atoms with Crippen molar-refractivity contribution in [3.63, 3.8) is 0 Å². The Morgan fingerprint density at radius 3 is 1.50 bits per heavy atom. The first kappa shape index (κ1) is 25.6. The monoisotopic (exact) mass is 470 g/mol. The Hall–Kier alpha value is -2.42. The lowest BCUT2D eigenvalue weighted by Gasteiger charge is -2.39. The molecule has 1 aromatic rings. The Labute approximate surface area is 157 Å². The van der Waals surface area contributed by atoms with Gasteiger partial charge in [-0.1, -0.05) is 0 Å². The number of benzene rings is 1. The van der Waals surface area contributed by atoms with E-state index in [1.54, 1.807) is 0 Å². The van der Waals surface area contributed by atoms with Gasteiger partial charge >= 0.3 is 48.4 Å². The SMILES string of the molecule is O=C(O)c1ccc(OC(F)C(F)(F)C(F)(F)C(F)(F)C(F)(F)C(F)(F)C(F)F)cc1.